The summed E-state index contributed by atoms with van der Waals surface area (Å²) in [5.74, 6) is -1.34. The first-order valence-electron chi connectivity index (χ1n) is 5.99. The Hall–Kier alpha value is -2.26. The third kappa shape index (κ3) is 2.85. The van der Waals surface area contributed by atoms with Crippen LogP contribution >= 0.6 is 23.1 Å². The topological polar surface area (TPSA) is 85.1 Å². The van der Waals surface area contributed by atoms with Crippen LogP contribution in [0.4, 0.5) is 9.52 Å². The van der Waals surface area contributed by atoms with E-state index in [1.807, 2.05) is 6.26 Å². The molecular formula is C13H8FN3O3S2. The Morgan fingerprint density at radius 3 is 2.91 bits per heavy atom. The van der Waals surface area contributed by atoms with Crippen molar-refractivity contribution in [3.05, 3.63) is 46.1 Å². The first kappa shape index (κ1) is 14.7. The number of hydrogen-bond acceptors (Lipinski definition) is 7. The summed E-state index contributed by atoms with van der Waals surface area (Å²) in [6, 6.07) is 4.55. The number of amides is 1. The van der Waals surface area contributed by atoms with Gasteiger partial charge in [-0.25, -0.2) is 4.39 Å². The van der Waals surface area contributed by atoms with E-state index >= 15 is 0 Å². The van der Waals surface area contributed by atoms with Gasteiger partial charge in [0.05, 0.1) is 5.39 Å². The minimum Gasteiger partial charge on any atom is -0.451 e. The van der Waals surface area contributed by atoms with Crippen molar-refractivity contribution in [3.8, 4) is 0 Å². The van der Waals surface area contributed by atoms with Crippen LogP contribution in [0.25, 0.3) is 11.0 Å². The highest BCUT2D eigenvalue weighted by atomic mass is 32.2. The van der Waals surface area contributed by atoms with Crippen molar-refractivity contribution in [2.24, 2.45) is 0 Å². The van der Waals surface area contributed by atoms with Crippen molar-refractivity contribution < 1.29 is 13.6 Å². The molecule has 2 heterocycles. The highest BCUT2D eigenvalue weighted by molar-refractivity contribution is 8.00. The zero-order valence-electron chi connectivity index (χ0n) is 11.1. The smallest absolute Gasteiger partial charge is 0.293 e. The van der Waals surface area contributed by atoms with Crippen molar-refractivity contribution in [1.29, 1.82) is 0 Å². The van der Waals surface area contributed by atoms with E-state index in [1.165, 1.54) is 29.2 Å². The van der Waals surface area contributed by atoms with Gasteiger partial charge in [0, 0.05) is 6.07 Å². The Bertz CT molecular complexity index is 922. The van der Waals surface area contributed by atoms with E-state index < -0.39 is 17.2 Å². The molecule has 0 fully saturated rings. The Morgan fingerprint density at radius 2 is 2.18 bits per heavy atom. The number of aromatic nitrogens is 2. The van der Waals surface area contributed by atoms with Gasteiger partial charge in [-0.05, 0) is 24.5 Å². The van der Waals surface area contributed by atoms with Crippen molar-refractivity contribution in [3.63, 3.8) is 0 Å². The molecule has 1 aromatic carbocycles. The summed E-state index contributed by atoms with van der Waals surface area (Å²) in [7, 11) is 0. The lowest BCUT2D eigenvalue weighted by atomic mass is 10.2. The maximum Gasteiger partial charge on any atom is 0.293 e. The summed E-state index contributed by atoms with van der Waals surface area (Å²) < 4.78 is 19.2. The number of nitrogens with one attached hydrogen (secondary N) is 1. The van der Waals surface area contributed by atoms with Crippen LogP contribution in [0.1, 0.15) is 10.6 Å². The van der Waals surface area contributed by atoms with Crippen LogP contribution in [0.5, 0.6) is 0 Å². The lowest BCUT2D eigenvalue weighted by molar-refractivity contribution is 0.0997. The molecular weight excluding hydrogens is 329 g/mol. The highest BCUT2D eigenvalue weighted by Gasteiger charge is 2.15. The number of carbonyl (C=O) groups excluding carboxylic acids is 1. The third-order valence-electron chi connectivity index (χ3n) is 2.71. The van der Waals surface area contributed by atoms with Crippen molar-refractivity contribution >= 4 is 45.1 Å². The van der Waals surface area contributed by atoms with E-state index in [4.69, 9.17) is 4.42 Å². The first-order chi connectivity index (χ1) is 10.6. The molecule has 0 aliphatic heterocycles. The van der Waals surface area contributed by atoms with Crippen LogP contribution in [-0.4, -0.2) is 22.4 Å². The van der Waals surface area contributed by atoms with Gasteiger partial charge in [0.15, 0.2) is 15.5 Å². The van der Waals surface area contributed by atoms with Gasteiger partial charge >= 0.3 is 0 Å². The normalized spacial score (nSPS) is 10.8. The molecule has 3 aromatic rings. The van der Waals surface area contributed by atoms with Gasteiger partial charge in [0.1, 0.15) is 11.4 Å². The number of hydrogen-bond donors (Lipinski definition) is 1. The fourth-order valence-electron chi connectivity index (χ4n) is 1.74. The fourth-order valence-corrected chi connectivity index (χ4v) is 2.91. The zero-order chi connectivity index (χ0) is 15.7. The maximum atomic E-state index is 13.1. The monoisotopic (exact) mass is 337 g/mol. The number of benzene rings is 1. The molecule has 9 heteroatoms. The molecule has 112 valence electrons. The van der Waals surface area contributed by atoms with E-state index in [1.54, 1.807) is 0 Å². The highest BCUT2D eigenvalue weighted by Crippen LogP contribution is 2.23. The number of fused-ring (bicyclic) bond motifs is 1. The number of thioether (sulfide) groups is 1. The second kappa shape index (κ2) is 5.85. The molecule has 3 rings (SSSR count). The summed E-state index contributed by atoms with van der Waals surface area (Å²) in [5.41, 5.74) is -0.353. The van der Waals surface area contributed by atoms with Crippen LogP contribution in [0.3, 0.4) is 0 Å². The van der Waals surface area contributed by atoms with Gasteiger partial charge in [-0.15, -0.1) is 10.2 Å². The van der Waals surface area contributed by atoms with Gasteiger partial charge in [0.2, 0.25) is 5.13 Å². The molecule has 0 radical (unpaired) electrons. The summed E-state index contributed by atoms with van der Waals surface area (Å²) in [4.78, 5) is 24.0. The van der Waals surface area contributed by atoms with Gasteiger partial charge in [0.25, 0.3) is 5.91 Å². The Labute approximate surface area is 131 Å². The molecule has 0 spiro atoms. The summed E-state index contributed by atoms with van der Waals surface area (Å²) in [6.45, 7) is 0. The Kier molecular flexibility index (Phi) is 3.90. The average Bonchev–Trinajstić information content (AvgIpc) is 2.95. The third-order valence-corrected chi connectivity index (χ3v) is 4.53. The molecule has 0 aliphatic carbocycles. The van der Waals surface area contributed by atoms with Crippen molar-refractivity contribution in [2.75, 3.05) is 11.6 Å². The zero-order valence-corrected chi connectivity index (χ0v) is 12.8. The number of carbonyl (C=O) groups is 1. The molecule has 0 unspecified atom stereocenters. The van der Waals surface area contributed by atoms with Crippen molar-refractivity contribution in [1.82, 2.24) is 10.2 Å². The number of nitrogens with zero attached hydrogens (tertiary/aromatic N) is 2. The summed E-state index contributed by atoms with van der Waals surface area (Å²) in [6.07, 6.45) is 1.84. The molecule has 1 amide bonds. The van der Waals surface area contributed by atoms with Gasteiger partial charge < -0.3 is 4.42 Å². The largest absolute Gasteiger partial charge is 0.451 e. The molecule has 0 aliphatic rings. The van der Waals surface area contributed by atoms with Crippen LogP contribution in [0.2, 0.25) is 0 Å². The Morgan fingerprint density at radius 1 is 1.36 bits per heavy atom. The molecule has 22 heavy (non-hydrogen) atoms. The van der Waals surface area contributed by atoms with Crippen LogP contribution in [-0.2, 0) is 0 Å². The van der Waals surface area contributed by atoms with Crippen molar-refractivity contribution in [2.45, 2.75) is 4.34 Å². The molecule has 0 bridgehead atoms. The number of halogens is 1. The van der Waals surface area contributed by atoms with Crippen LogP contribution in [0.15, 0.2) is 37.8 Å². The van der Waals surface area contributed by atoms with E-state index in [-0.39, 0.29) is 16.7 Å². The van der Waals surface area contributed by atoms with Gasteiger partial charge in [-0.3, -0.25) is 14.9 Å². The molecule has 0 saturated heterocycles. The predicted octanol–water partition coefficient (Wildman–Crippen LogP) is 2.76. The quantitative estimate of drug-likeness (QED) is 0.584. The fraction of sp³-hybridized carbons (Fsp3) is 0.0769. The molecule has 0 saturated carbocycles. The van der Waals surface area contributed by atoms with Gasteiger partial charge in [-0.2, -0.15) is 0 Å². The van der Waals surface area contributed by atoms with E-state index in [0.29, 0.717) is 9.47 Å². The second-order valence-corrected chi connectivity index (χ2v) is 6.18. The number of rotatable bonds is 3. The SMILES string of the molecule is CSc1nnc(NC(=O)c2cc(=O)c3cc(F)ccc3o2)s1. The van der Waals surface area contributed by atoms with E-state index in [0.717, 1.165) is 18.2 Å². The summed E-state index contributed by atoms with van der Waals surface area (Å²) >= 11 is 2.61. The predicted molar refractivity (Wildman–Crippen MR) is 82.1 cm³/mol. The maximum absolute atomic E-state index is 13.1. The molecule has 2 aromatic heterocycles. The lowest BCUT2D eigenvalue weighted by Crippen LogP contribution is -2.14. The first-order valence-corrected chi connectivity index (χ1v) is 8.03. The Balaban J connectivity index is 1.94. The van der Waals surface area contributed by atoms with E-state index in [2.05, 4.69) is 15.5 Å². The standard InChI is InChI=1S/C13H8FN3O3S2/c1-21-13-17-16-12(22-13)15-11(19)10-5-8(18)7-4-6(14)2-3-9(7)20-10/h2-5H,1H3,(H,15,16,19). The summed E-state index contributed by atoms with van der Waals surface area (Å²) in [5, 5.41) is 10.5. The van der Waals surface area contributed by atoms with Crippen LogP contribution in [0, 0.1) is 5.82 Å². The minimum atomic E-state index is -0.618. The second-order valence-electron chi connectivity index (χ2n) is 4.15. The van der Waals surface area contributed by atoms with E-state index in [9.17, 15) is 14.0 Å². The average molecular weight is 337 g/mol. The molecule has 6 nitrogen and oxygen atoms in total. The van der Waals surface area contributed by atoms with Crippen LogP contribution < -0.4 is 10.7 Å². The molecule has 1 N–H and O–H groups in total. The van der Waals surface area contributed by atoms with Gasteiger partial charge in [-0.1, -0.05) is 23.1 Å². The lowest BCUT2D eigenvalue weighted by Gasteiger charge is -2.02. The number of anilines is 1. The molecule has 0 atom stereocenters. The minimum absolute atomic E-state index is 0.0807.